The first-order chi connectivity index (χ1) is 6.79. The van der Waals surface area contributed by atoms with Gasteiger partial charge in [-0.05, 0) is 18.8 Å². The van der Waals surface area contributed by atoms with Gasteiger partial charge in [0.05, 0.1) is 6.61 Å². The first kappa shape index (κ1) is 12.0. The molecule has 0 aromatic carbocycles. The Balaban J connectivity index is 2.32. The molecule has 14 heavy (non-hydrogen) atoms. The minimum Gasteiger partial charge on any atom is -0.368 e. The number of hydrogen-bond acceptors (Lipinski definition) is 2. The lowest BCUT2D eigenvalue weighted by Gasteiger charge is -2.19. The Morgan fingerprint density at radius 2 is 1.79 bits per heavy atom. The number of rotatable bonds is 6. The van der Waals surface area contributed by atoms with E-state index in [1.165, 1.54) is 32.1 Å². The fraction of sp³-hybridized carbons (Fsp3) is 1.00. The highest BCUT2D eigenvalue weighted by Gasteiger charge is 2.34. The second-order valence-electron chi connectivity index (χ2n) is 4.43. The van der Waals surface area contributed by atoms with Crippen molar-refractivity contribution < 1.29 is 9.84 Å². The van der Waals surface area contributed by atoms with Crippen molar-refractivity contribution in [3.63, 3.8) is 0 Å². The van der Waals surface area contributed by atoms with Gasteiger partial charge in [-0.1, -0.05) is 39.5 Å². The van der Waals surface area contributed by atoms with Crippen molar-refractivity contribution in [2.24, 2.45) is 11.8 Å². The maximum absolute atomic E-state index is 9.66. The van der Waals surface area contributed by atoms with Crippen molar-refractivity contribution in [3.05, 3.63) is 0 Å². The summed E-state index contributed by atoms with van der Waals surface area (Å²) >= 11 is 0. The summed E-state index contributed by atoms with van der Waals surface area (Å²) in [5.74, 6) is 1.01. The van der Waals surface area contributed by atoms with E-state index in [1.54, 1.807) is 0 Å². The Labute approximate surface area is 87.7 Å². The maximum atomic E-state index is 9.66. The number of ether oxygens (including phenoxy) is 1. The van der Waals surface area contributed by atoms with Gasteiger partial charge < -0.3 is 9.84 Å². The third kappa shape index (κ3) is 3.25. The van der Waals surface area contributed by atoms with Crippen LogP contribution in [-0.2, 0) is 4.74 Å². The first-order valence-electron chi connectivity index (χ1n) is 6.09. The van der Waals surface area contributed by atoms with Crippen molar-refractivity contribution in [3.8, 4) is 0 Å². The van der Waals surface area contributed by atoms with E-state index in [-0.39, 0.29) is 0 Å². The number of aliphatic hydroxyl groups excluding tert-OH is 1. The molecule has 0 bridgehead atoms. The van der Waals surface area contributed by atoms with Crippen LogP contribution in [0.4, 0.5) is 0 Å². The molecule has 3 unspecified atom stereocenters. The molecule has 0 aromatic heterocycles. The third-order valence-corrected chi connectivity index (χ3v) is 3.27. The van der Waals surface area contributed by atoms with Crippen molar-refractivity contribution in [2.45, 2.75) is 58.7 Å². The summed E-state index contributed by atoms with van der Waals surface area (Å²) in [6.07, 6.45) is 6.81. The molecule has 0 spiro atoms. The van der Waals surface area contributed by atoms with E-state index < -0.39 is 6.29 Å². The van der Waals surface area contributed by atoms with E-state index in [1.807, 2.05) is 0 Å². The zero-order valence-electron chi connectivity index (χ0n) is 9.54. The predicted octanol–water partition coefficient (Wildman–Crippen LogP) is 2.95. The summed E-state index contributed by atoms with van der Waals surface area (Å²) in [5, 5.41) is 9.66. The second-order valence-corrected chi connectivity index (χ2v) is 4.43. The monoisotopic (exact) mass is 200 g/mol. The van der Waals surface area contributed by atoms with Crippen LogP contribution in [0.1, 0.15) is 52.4 Å². The average Bonchev–Trinajstić information content (AvgIpc) is 2.53. The van der Waals surface area contributed by atoms with E-state index in [0.29, 0.717) is 11.8 Å². The van der Waals surface area contributed by atoms with Crippen LogP contribution >= 0.6 is 0 Å². The molecule has 1 aliphatic rings. The third-order valence-electron chi connectivity index (χ3n) is 3.27. The second kappa shape index (κ2) is 6.41. The fourth-order valence-corrected chi connectivity index (χ4v) is 2.28. The molecule has 2 nitrogen and oxygen atoms in total. The van der Waals surface area contributed by atoms with Crippen molar-refractivity contribution in [1.29, 1.82) is 0 Å². The molecule has 84 valence electrons. The molecule has 0 aliphatic carbocycles. The van der Waals surface area contributed by atoms with Gasteiger partial charge >= 0.3 is 0 Å². The molecule has 1 fully saturated rings. The minimum atomic E-state index is -0.483. The van der Waals surface area contributed by atoms with Gasteiger partial charge in [0.15, 0.2) is 6.29 Å². The van der Waals surface area contributed by atoms with Gasteiger partial charge in [-0.25, -0.2) is 0 Å². The van der Waals surface area contributed by atoms with Gasteiger partial charge in [-0.3, -0.25) is 0 Å². The van der Waals surface area contributed by atoms with Crippen LogP contribution in [0, 0.1) is 11.8 Å². The number of unbranched alkanes of at least 4 members (excludes halogenated alkanes) is 2. The highest BCUT2D eigenvalue weighted by Crippen LogP contribution is 2.33. The van der Waals surface area contributed by atoms with Crippen molar-refractivity contribution >= 4 is 0 Å². The standard InChI is InChI=1S/C12H24O2/c1-3-5-7-10-9-14-12(13)11(10)8-6-4-2/h10-13H,3-9H2,1-2H3. The van der Waals surface area contributed by atoms with Crippen molar-refractivity contribution in [1.82, 2.24) is 0 Å². The molecule has 0 saturated carbocycles. The van der Waals surface area contributed by atoms with Gasteiger partial charge in [0.2, 0.25) is 0 Å². The Morgan fingerprint density at radius 3 is 2.43 bits per heavy atom. The van der Waals surface area contributed by atoms with Crippen LogP contribution in [0.25, 0.3) is 0 Å². The highest BCUT2D eigenvalue weighted by molar-refractivity contribution is 4.78. The van der Waals surface area contributed by atoms with Crippen LogP contribution in [0.5, 0.6) is 0 Å². The van der Waals surface area contributed by atoms with Crippen molar-refractivity contribution in [2.75, 3.05) is 6.61 Å². The largest absolute Gasteiger partial charge is 0.368 e. The van der Waals surface area contributed by atoms with Crippen LogP contribution in [0.2, 0.25) is 0 Å². The van der Waals surface area contributed by atoms with E-state index >= 15 is 0 Å². The lowest BCUT2D eigenvalue weighted by molar-refractivity contribution is -0.0838. The summed E-state index contributed by atoms with van der Waals surface area (Å²) in [6.45, 7) is 5.19. The molecule has 0 radical (unpaired) electrons. The topological polar surface area (TPSA) is 29.5 Å². The van der Waals surface area contributed by atoms with E-state index in [4.69, 9.17) is 4.74 Å². The van der Waals surface area contributed by atoms with Gasteiger partial charge in [0, 0.05) is 5.92 Å². The van der Waals surface area contributed by atoms with E-state index in [9.17, 15) is 5.11 Å². The zero-order valence-corrected chi connectivity index (χ0v) is 9.54. The molecule has 1 rings (SSSR count). The lowest BCUT2D eigenvalue weighted by atomic mass is 9.86. The first-order valence-corrected chi connectivity index (χ1v) is 6.09. The molecular weight excluding hydrogens is 176 g/mol. The van der Waals surface area contributed by atoms with E-state index in [2.05, 4.69) is 13.8 Å². The quantitative estimate of drug-likeness (QED) is 0.714. The molecule has 1 saturated heterocycles. The highest BCUT2D eigenvalue weighted by atomic mass is 16.6. The average molecular weight is 200 g/mol. The molecule has 0 aromatic rings. The minimum absolute atomic E-state index is 0.404. The molecule has 3 atom stereocenters. The fourth-order valence-electron chi connectivity index (χ4n) is 2.28. The summed E-state index contributed by atoms with van der Waals surface area (Å²) < 4.78 is 5.33. The normalized spacial score (nSPS) is 32.4. The lowest BCUT2D eigenvalue weighted by Crippen LogP contribution is -2.20. The predicted molar refractivity (Wildman–Crippen MR) is 58.0 cm³/mol. The Kier molecular flexibility index (Phi) is 5.49. The Hall–Kier alpha value is -0.0800. The van der Waals surface area contributed by atoms with Gasteiger partial charge in [-0.15, -0.1) is 0 Å². The summed E-state index contributed by atoms with van der Waals surface area (Å²) in [5.41, 5.74) is 0. The molecule has 1 heterocycles. The smallest absolute Gasteiger partial charge is 0.157 e. The van der Waals surface area contributed by atoms with Crippen LogP contribution in [-0.4, -0.2) is 18.0 Å². The Bertz CT molecular complexity index is 147. The van der Waals surface area contributed by atoms with Gasteiger partial charge in [0.1, 0.15) is 0 Å². The van der Waals surface area contributed by atoms with Crippen LogP contribution < -0.4 is 0 Å². The van der Waals surface area contributed by atoms with E-state index in [0.717, 1.165) is 13.0 Å². The molecule has 1 N–H and O–H groups in total. The molecule has 2 heteroatoms. The van der Waals surface area contributed by atoms with Crippen LogP contribution in [0.15, 0.2) is 0 Å². The van der Waals surface area contributed by atoms with Gasteiger partial charge in [0.25, 0.3) is 0 Å². The summed E-state index contributed by atoms with van der Waals surface area (Å²) in [6, 6.07) is 0. The number of aliphatic hydroxyl groups is 1. The Morgan fingerprint density at radius 1 is 1.14 bits per heavy atom. The van der Waals surface area contributed by atoms with Gasteiger partial charge in [-0.2, -0.15) is 0 Å². The molecular formula is C12H24O2. The van der Waals surface area contributed by atoms with Crippen LogP contribution in [0.3, 0.4) is 0 Å². The zero-order chi connectivity index (χ0) is 10.4. The number of hydrogen-bond donors (Lipinski definition) is 1. The summed E-state index contributed by atoms with van der Waals surface area (Å²) in [4.78, 5) is 0. The SMILES string of the molecule is CCCCC1COC(O)C1CCCC. The summed E-state index contributed by atoms with van der Waals surface area (Å²) in [7, 11) is 0. The molecule has 0 amide bonds. The maximum Gasteiger partial charge on any atom is 0.157 e. The molecule has 1 aliphatic heterocycles.